The van der Waals surface area contributed by atoms with E-state index >= 15 is 0 Å². The normalized spacial score (nSPS) is 11.8. The minimum atomic E-state index is -1.27. The van der Waals surface area contributed by atoms with Crippen molar-refractivity contribution in [1.29, 1.82) is 0 Å². The first-order valence-electron chi connectivity index (χ1n) is 4.67. The zero-order valence-corrected chi connectivity index (χ0v) is 8.71. The summed E-state index contributed by atoms with van der Waals surface area (Å²) < 4.78 is 4.62. The van der Waals surface area contributed by atoms with Gasteiger partial charge in [0.05, 0.1) is 0 Å². The summed E-state index contributed by atoms with van der Waals surface area (Å²) in [6.45, 7) is 1.14. The molecule has 1 atom stereocenters. The van der Waals surface area contributed by atoms with E-state index in [0.29, 0.717) is 5.56 Å². The lowest BCUT2D eigenvalue weighted by Crippen LogP contribution is -2.28. The number of phenols is 1. The zero-order chi connectivity index (χ0) is 12.1. The van der Waals surface area contributed by atoms with Crippen molar-refractivity contribution < 1.29 is 24.5 Å². The lowest BCUT2D eigenvalue weighted by molar-refractivity contribution is -0.162. The molecular weight excluding hydrogens is 212 g/mol. The Morgan fingerprint density at radius 2 is 2.00 bits per heavy atom. The lowest BCUT2D eigenvalue weighted by atomic mass is 10.1. The van der Waals surface area contributed by atoms with Gasteiger partial charge in [-0.25, -0.2) is 4.79 Å². The number of carboxylic acid groups (broad SMARTS) is 1. The van der Waals surface area contributed by atoms with E-state index in [1.807, 2.05) is 0 Å². The van der Waals surface area contributed by atoms with Gasteiger partial charge in [0.2, 0.25) is 6.10 Å². The van der Waals surface area contributed by atoms with E-state index < -0.39 is 18.0 Å². The number of aliphatic carboxylic acids is 1. The molecule has 0 aliphatic carbocycles. The van der Waals surface area contributed by atoms with E-state index in [1.165, 1.54) is 6.07 Å². The molecule has 0 saturated carbocycles. The Morgan fingerprint density at radius 1 is 1.38 bits per heavy atom. The molecule has 0 spiro atoms. The predicted octanol–water partition coefficient (Wildman–Crippen LogP) is 0.951. The van der Waals surface area contributed by atoms with Crippen molar-refractivity contribution in [3.8, 4) is 5.75 Å². The van der Waals surface area contributed by atoms with E-state index in [2.05, 4.69) is 4.74 Å². The van der Waals surface area contributed by atoms with Crippen LogP contribution in [0.25, 0.3) is 0 Å². The van der Waals surface area contributed by atoms with Gasteiger partial charge >= 0.3 is 11.9 Å². The molecule has 0 heterocycles. The number of benzene rings is 1. The Bertz CT molecular complexity index is 399. The highest BCUT2D eigenvalue weighted by Crippen LogP contribution is 2.18. The van der Waals surface area contributed by atoms with E-state index in [4.69, 9.17) is 5.11 Å². The summed E-state index contributed by atoms with van der Waals surface area (Å²) in [4.78, 5) is 21.5. The Balaban J connectivity index is 2.80. The molecule has 1 unspecified atom stereocenters. The average molecular weight is 224 g/mol. The van der Waals surface area contributed by atoms with Gasteiger partial charge in [-0.05, 0) is 11.6 Å². The summed E-state index contributed by atoms with van der Waals surface area (Å²) in [5, 5.41) is 18.3. The first kappa shape index (κ1) is 12.0. The number of hydrogen-bond donors (Lipinski definition) is 2. The molecule has 1 aromatic rings. The van der Waals surface area contributed by atoms with E-state index in [9.17, 15) is 14.7 Å². The van der Waals surface area contributed by atoms with Crippen LogP contribution in [0.1, 0.15) is 12.5 Å². The maximum atomic E-state index is 10.8. The minimum absolute atomic E-state index is 0.0131. The van der Waals surface area contributed by atoms with Gasteiger partial charge < -0.3 is 14.9 Å². The average Bonchev–Trinajstić information content (AvgIpc) is 2.19. The summed E-state index contributed by atoms with van der Waals surface area (Å²) >= 11 is 0. The molecule has 0 aromatic heterocycles. The summed E-state index contributed by atoms with van der Waals surface area (Å²) in [5.74, 6) is -1.91. The smallest absolute Gasteiger partial charge is 0.345 e. The SMILES string of the molecule is CC(=O)OC(Cc1ccccc1O)C(=O)O. The van der Waals surface area contributed by atoms with Crippen LogP contribution in [0, 0.1) is 0 Å². The number of rotatable bonds is 4. The molecule has 5 heteroatoms. The highest BCUT2D eigenvalue weighted by atomic mass is 16.6. The van der Waals surface area contributed by atoms with Crippen LogP contribution in [0.5, 0.6) is 5.75 Å². The fourth-order valence-corrected chi connectivity index (χ4v) is 1.26. The van der Waals surface area contributed by atoms with Gasteiger partial charge in [-0.2, -0.15) is 0 Å². The fourth-order valence-electron chi connectivity index (χ4n) is 1.26. The Hall–Kier alpha value is -2.04. The fraction of sp³-hybridized carbons (Fsp3) is 0.273. The summed E-state index contributed by atoms with van der Waals surface area (Å²) in [6.07, 6.45) is -1.33. The van der Waals surface area contributed by atoms with Gasteiger partial charge in [-0.15, -0.1) is 0 Å². The van der Waals surface area contributed by atoms with Gasteiger partial charge in [-0.3, -0.25) is 4.79 Å². The summed E-state index contributed by atoms with van der Waals surface area (Å²) in [5.41, 5.74) is 0.427. The van der Waals surface area contributed by atoms with Crippen molar-refractivity contribution in [2.45, 2.75) is 19.4 Å². The van der Waals surface area contributed by atoms with E-state index in [1.54, 1.807) is 18.2 Å². The first-order chi connectivity index (χ1) is 7.50. The van der Waals surface area contributed by atoms with Gasteiger partial charge in [0.1, 0.15) is 5.75 Å². The molecule has 0 saturated heterocycles. The molecule has 0 aliphatic rings. The Labute approximate surface area is 92.3 Å². The minimum Gasteiger partial charge on any atom is -0.508 e. The third-order valence-electron chi connectivity index (χ3n) is 1.98. The molecule has 0 amide bonds. The second kappa shape index (κ2) is 5.16. The number of ether oxygens (including phenoxy) is 1. The van der Waals surface area contributed by atoms with Gasteiger partial charge in [0.15, 0.2) is 0 Å². The van der Waals surface area contributed by atoms with Crippen LogP contribution in [0.15, 0.2) is 24.3 Å². The van der Waals surface area contributed by atoms with Crippen LogP contribution >= 0.6 is 0 Å². The topological polar surface area (TPSA) is 83.8 Å². The highest BCUT2D eigenvalue weighted by Gasteiger charge is 2.22. The molecule has 1 rings (SSSR count). The number of hydrogen-bond acceptors (Lipinski definition) is 4. The molecule has 5 nitrogen and oxygen atoms in total. The van der Waals surface area contributed by atoms with Crippen molar-refractivity contribution in [3.63, 3.8) is 0 Å². The summed E-state index contributed by atoms with van der Waals surface area (Å²) in [7, 11) is 0. The van der Waals surface area contributed by atoms with Crippen LogP contribution < -0.4 is 0 Å². The quantitative estimate of drug-likeness (QED) is 0.744. The van der Waals surface area contributed by atoms with Gasteiger partial charge in [0, 0.05) is 13.3 Å². The van der Waals surface area contributed by atoms with E-state index in [0.717, 1.165) is 6.92 Å². The van der Waals surface area contributed by atoms with Crippen molar-refractivity contribution >= 4 is 11.9 Å². The molecule has 0 fully saturated rings. The number of carboxylic acids is 1. The van der Waals surface area contributed by atoms with Crippen molar-refractivity contribution in [2.24, 2.45) is 0 Å². The second-order valence-electron chi connectivity index (χ2n) is 3.27. The molecule has 0 aliphatic heterocycles. The standard InChI is InChI=1S/C11H12O5/c1-7(12)16-10(11(14)15)6-8-4-2-3-5-9(8)13/h2-5,10,13H,6H2,1H3,(H,14,15). The number of carbonyl (C=O) groups is 2. The number of para-hydroxylation sites is 1. The molecule has 86 valence electrons. The number of phenolic OH excluding ortho intramolecular Hbond substituents is 1. The van der Waals surface area contributed by atoms with Crippen LogP contribution in [0.4, 0.5) is 0 Å². The molecule has 16 heavy (non-hydrogen) atoms. The second-order valence-corrected chi connectivity index (χ2v) is 3.27. The van der Waals surface area contributed by atoms with Crippen molar-refractivity contribution in [3.05, 3.63) is 29.8 Å². The first-order valence-corrected chi connectivity index (χ1v) is 4.67. The van der Waals surface area contributed by atoms with Crippen molar-refractivity contribution in [2.75, 3.05) is 0 Å². The molecule has 0 bridgehead atoms. The maximum Gasteiger partial charge on any atom is 0.345 e. The number of esters is 1. The molecule has 0 radical (unpaired) electrons. The highest BCUT2D eigenvalue weighted by molar-refractivity contribution is 5.77. The van der Waals surface area contributed by atoms with Crippen LogP contribution in [0.2, 0.25) is 0 Å². The lowest BCUT2D eigenvalue weighted by Gasteiger charge is -2.13. The molecule has 1 aromatic carbocycles. The van der Waals surface area contributed by atoms with Crippen molar-refractivity contribution in [1.82, 2.24) is 0 Å². The zero-order valence-electron chi connectivity index (χ0n) is 8.71. The predicted molar refractivity (Wildman–Crippen MR) is 55.0 cm³/mol. The Morgan fingerprint density at radius 3 is 2.50 bits per heavy atom. The molecule has 2 N–H and O–H groups in total. The third-order valence-corrected chi connectivity index (χ3v) is 1.98. The van der Waals surface area contributed by atoms with Crippen LogP contribution in [0.3, 0.4) is 0 Å². The monoisotopic (exact) mass is 224 g/mol. The van der Waals surface area contributed by atoms with Crippen LogP contribution in [-0.2, 0) is 20.7 Å². The summed E-state index contributed by atoms with van der Waals surface area (Å²) in [6, 6.07) is 6.32. The van der Waals surface area contributed by atoms with Gasteiger partial charge in [-0.1, -0.05) is 18.2 Å². The van der Waals surface area contributed by atoms with Crippen LogP contribution in [-0.4, -0.2) is 28.3 Å². The Kier molecular flexibility index (Phi) is 3.88. The van der Waals surface area contributed by atoms with Gasteiger partial charge in [0.25, 0.3) is 0 Å². The maximum absolute atomic E-state index is 10.8. The number of aromatic hydroxyl groups is 1. The number of carbonyl (C=O) groups excluding carboxylic acids is 1. The third kappa shape index (κ3) is 3.27. The largest absolute Gasteiger partial charge is 0.508 e. The molecular formula is C11H12O5. The van der Waals surface area contributed by atoms with E-state index in [-0.39, 0.29) is 12.2 Å².